The summed E-state index contributed by atoms with van der Waals surface area (Å²) in [6.07, 6.45) is 6.76. The Labute approximate surface area is 125 Å². The first-order valence-corrected chi connectivity index (χ1v) is 8.24. The van der Waals surface area contributed by atoms with E-state index in [4.69, 9.17) is 5.73 Å². The first kappa shape index (κ1) is 14.9. The second kappa shape index (κ2) is 6.76. The lowest BCUT2D eigenvalue weighted by molar-refractivity contribution is 0.417. The Balaban J connectivity index is 2.32. The molecule has 2 rings (SSSR count). The van der Waals surface area contributed by atoms with Crippen molar-refractivity contribution in [2.24, 2.45) is 5.73 Å². The zero-order valence-electron chi connectivity index (χ0n) is 12.0. The molecule has 1 unspecified atom stereocenters. The SMILES string of the molecule is CCN(c1cc(Br)ccc1C(C)N)C1CCCCC1. The van der Waals surface area contributed by atoms with E-state index in [-0.39, 0.29) is 6.04 Å². The fourth-order valence-corrected chi connectivity index (χ4v) is 3.52. The molecule has 3 heteroatoms. The van der Waals surface area contributed by atoms with Gasteiger partial charge in [-0.1, -0.05) is 41.3 Å². The smallest absolute Gasteiger partial charge is 0.0428 e. The van der Waals surface area contributed by atoms with Crippen molar-refractivity contribution in [1.29, 1.82) is 0 Å². The normalized spacial score (nSPS) is 18.3. The minimum atomic E-state index is 0.0840. The van der Waals surface area contributed by atoms with Gasteiger partial charge in [-0.05, 0) is 44.4 Å². The van der Waals surface area contributed by atoms with E-state index in [0.717, 1.165) is 11.0 Å². The fraction of sp³-hybridized carbons (Fsp3) is 0.625. The van der Waals surface area contributed by atoms with Crippen molar-refractivity contribution in [2.75, 3.05) is 11.4 Å². The van der Waals surface area contributed by atoms with Crippen molar-refractivity contribution in [3.05, 3.63) is 28.2 Å². The van der Waals surface area contributed by atoms with Crippen LogP contribution in [0.3, 0.4) is 0 Å². The molecule has 106 valence electrons. The third-order valence-corrected chi connectivity index (χ3v) is 4.64. The van der Waals surface area contributed by atoms with Gasteiger partial charge in [-0.3, -0.25) is 0 Å². The van der Waals surface area contributed by atoms with Gasteiger partial charge in [0.1, 0.15) is 0 Å². The number of hydrogen-bond donors (Lipinski definition) is 1. The Kier molecular flexibility index (Phi) is 5.28. The van der Waals surface area contributed by atoms with Crippen LogP contribution in [0.5, 0.6) is 0 Å². The molecule has 0 amide bonds. The Hall–Kier alpha value is -0.540. The van der Waals surface area contributed by atoms with E-state index in [1.54, 1.807) is 0 Å². The molecule has 0 aliphatic heterocycles. The van der Waals surface area contributed by atoms with E-state index in [1.807, 2.05) is 0 Å². The number of rotatable bonds is 4. The van der Waals surface area contributed by atoms with Crippen LogP contribution >= 0.6 is 15.9 Å². The Morgan fingerprint density at radius 1 is 1.32 bits per heavy atom. The highest BCUT2D eigenvalue weighted by Crippen LogP contribution is 2.33. The highest BCUT2D eigenvalue weighted by atomic mass is 79.9. The number of nitrogens with zero attached hydrogens (tertiary/aromatic N) is 1. The van der Waals surface area contributed by atoms with Gasteiger partial charge in [0, 0.05) is 28.8 Å². The largest absolute Gasteiger partial charge is 0.369 e. The van der Waals surface area contributed by atoms with E-state index >= 15 is 0 Å². The van der Waals surface area contributed by atoms with Gasteiger partial charge in [0.05, 0.1) is 0 Å². The molecule has 1 aliphatic rings. The highest BCUT2D eigenvalue weighted by Gasteiger charge is 2.23. The highest BCUT2D eigenvalue weighted by molar-refractivity contribution is 9.10. The molecule has 0 bridgehead atoms. The first-order valence-electron chi connectivity index (χ1n) is 7.45. The van der Waals surface area contributed by atoms with Crippen molar-refractivity contribution in [1.82, 2.24) is 0 Å². The number of nitrogens with two attached hydrogens (primary N) is 1. The summed E-state index contributed by atoms with van der Waals surface area (Å²) in [7, 11) is 0. The average molecular weight is 325 g/mol. The van der Waals surface area contributed by atoms with E-state index in [1.165, 1.54) is 43.4 Å². The fourth-order valence-electron chi connectivity index (χ4n) is 3.17. The third kappa shape index (κ3) is 3.51. The zero-order chi connectivity index (χ0) is 13.8. The lowest BCUT2D eigenvalue weighted by Gasteiger charge is -2.37. The van der Waals surface area contributed by atoms with Gasteiger partial charge < -0.3 is 10.6 Å². The molecule has 0 spiro atoms. The maximum absolute atomic E-state index is 6.14. The van der Waals surface area contributed by atoms with Crippen molar-refractivity contribution in [3.63, 3.8) is 0 Å². The third-order valence-electron chi connectivity index (χ3n) is 4.15. The summed E-state index contributed by atoms with van der Waals surface area (Å²) in [5.41, 5.74) is 8.72. The van der Waals surface area contributed by atoms with Crippen LogP contribution in [0.15, 0.2) is 22.7 Å². The minimum absolute atomic E-state index is 0.0840. The van der Waals surface area contributed by atoms with Crippen LogP contribution in [0, 0.1) is 0 Å². The molecule has 19 heavy (non-hydrogen) atoms. The van der Waals surface area contributed by atoms with Crippen LogP contribution in [0.4, 0.5) is 5.69 Å². The quantitative estimate of drug-likeness (QED) is 0.875. The molecule has 1 aliphatic carbocycles. The van der Waals surface area contributed by atoms with E-state index in [9.17, 15) is 0 Å². The van der Waals surface area contributed by atoms with Crippen molar-refractivity contribution < 1.29 is 0 Å². The molecule has 0 aromatic heterocycles. The number of anilines is 1. The van der Waals surface area contributed by atoms with Gasteiger partial charge in [0.25, 0.3) is 0 Å². The monoisotopic (exact) mass is 324 g/mol. The molecule has 1 aromatic carbocycles. The summed E-state index contributed by atoms with van der Waals surface area (Å²) in [6.45, 7) is 5.38. The molecule has 0 saturated heterocycles. The average Bonchev–Trinajstić information content (AvgIpc) is 2.40. The number of halogens is 1. The molecule has 1 fully saturated rings. The van der Waals surface area contributed by atoms with Crippen LogP contribution in [0.2, 0.25) is 0 Å². The zero-order valence-corrected chi connectivity index (χ0v) is 13.6. The van der Waals surface area contributed by atoms with Crippen LogP contribution in [-0.4, -0.2) is 12.6 Å². The molecular weight excluding hydrogens is 300 g/mol. The lowest BCUT2D eigenvalue weighted by atomic mass is 9.93. The molecular formula is C16H25BrN2. The summed E-state index contributed by atoms with van der Waals surface area (Å²) < 4.78 is 1.14. The summed E-state index contributed by atoms with van der Waals surface area (Å²) in [5.74, 6) is 0. The van der Waals surface area contributed by atoms with Crippen molar-refractivity contribution in [2.45, 2.75) is 58.0 Å². The first-order chi connectivity index (χ1) is 9.13. The summed E-state index contributed by atoms with van der Waals surface area (Å²) in [5, 5.41) is 0. The standard InChI is InChI=1S/C16H25BrN2/c1-3-19(14-7-5-4-6-8-14)16-11-13(17)9-10-15(16)12(2)18/h9-12,14H,3-8,18H2,1-2H3. The lowest BCUT2D eigenvalue weighted by Crippen LogP contribution is -2.37. The van der Waals surface area contributed by atoms with E-state index < -0.39 is 0 Å². The molecule has 2 N–H and O–H groups in total. The Morgan fingerprint density at radius 3 is 2.58 bits per heavy atom. The maximum atomic E-state index is 6.14. The van der Waals surface area contributed by atoms with Gasteiger partial charge in [0.15, 0.2) is 0 Å². The van der Waals surface area contributed by atoms with Gasteiger partial charge in [-0.25, -0.2) is 0 Å². The van der Waals surface area contributed by atoms with Crippen LogP contribution in [-0.2, 0) is 0 Å². The number of benzene rings is 1. The molecule has 0 heterocycles. The topological polar surface area (TPSA) is 29.3 Å². The molecule has 2 nitrogen and oxygen atoms in total. The van der Waals surface area contributed by atoms with Gasteiger partial charge in [0.2, 0.25) is 0 Å². The van der Waals surface area contributed by atoms with Crippen LogP contribution in [0.1, 0.15) is 57.6 Å². The summed E-state index contributed by atoms with van der Waals surface area (Å²) in [4.78, 5) is 2.56. The van der Waals surface area contributed by atoms with Crippen molar-refractivity contribution >= 4 is 21.6 Å². The second-order valence-corrected chi connectivity index (χ2v) is 6.49. The Bertz CT molecular complexity index is 411. The molecule has 1 atom stereocenters. The van der Waals surface area contributed by atoms with Gasteiger partial charge in [-0.2, -0.15) is 0 Å². The predicted molar refractivity (Wildman–Crippen MR) is 86.6 cm³/mol. The maximum Gasteiger partial charge on any atom is 0.0428 e. The molecule has 1 saturated carbocycles. The van der Waals surface area contributed by atoms with Gasteiger partial charge in [-0.15, -0.1) is 0 Å². The van der Waals surface area contributed by atoms with Gasteiger partial charge >= 0.3 is 0 Å². The molecule has 1 aromatic rings. The van der Waals surface area contributed by atoms with Crippen LogP contribution in [0.25, 0.3) is 0 Å². The van der Waals surface area contributed by atoms with E-state index in [0.29, 0.717) is 6.04 Å². The Morgan fingerprint density at radius 2 is 2.00 bits per heavy atom. The number of hydrogen-bond acceptors (Lipinski definition) is 2. The summed E-state index contributed by atoms with van der Waals surface area (Å²) in [6, 6.07) is 7.26. The van der Waals surface area contributed by atoms with E-state index in [2.05, 4.69) is 52.9 Å². The predicted octanol–water partition coefficient (Wildman–Crippen LogP) is 4.63. The summed E-state index contributed by atoms with van der Waals surface area (Å²) >= 11 is 3.60. The van der Waals surface area contributed by atoms with Crippen molar-refractivity contribution in [3.8, 4) is 0 Å². The molecule has 0 radical (unpaired) electrons. The van der Waals surface area contributed by atoms with Crippen LogP contribution < -0.4 is 10.6 Å². The minimum Gasteiger partial charge on any atom is -0.369 e. The second-order valence-electron chi connectivity index (χ2n) is 5.57.